The quantitative estimate of drug-likeness (QED) is 0.724. The summed E-state index contributed by atoms with van der Waals surface area (Å²) in [6.45, 7) is 0.771. The van der Waals surface area contributed by atoms with Gasteiger partial charge in [-0.2, -0.15) is 0 Å². The highest BCUT2D eigenvalue weighted by Crippen LogP contribution is 2.27. The van der Waals surface area contributed by atoms with Crippen molar-refractivity contribution in [3.63, 3.8) is 0 Å². The number of ether oxygens (including phenoxy) is 2. The summed E-state index contributed by atoms with van der Waals surface area (Å²) in [6.07, 6.45) is 4.63. The Labute approximate surface area is 164 Å². The van der Waals surface area contributed by atoms with Crippen molar-refractivity contribution in [2.24, 2.45) is 0 Å². The summed E-state index contributed by atoms with van der Waals surface area (Å²) in [6, 6.07) is 11.7. The number of nitrogens with one attached hydrogen (secondary N) is 2. The van der Waals surface area contributed by atoms with Crippen LogP contribution >= 0.6 is 0 Å². The summed E-state index contributed by atoms with van der Waals surface area (Å²) in [5.74, 6) is 1.36. The third kappa shape index (κ3) is 4.44. The molecule has 0 unspecified atom stereocenters. The maximum Gasteiger partial charge on any atom is 0.258 e. The zero-order valence-electron chi connectivity index (χ0n) is 15.8. The van der Waals surface area contributed by atoms with E-state index < -0.39 is 0 Å². The second-order valence-electron chi connectivity index (χ2n) is 7.14. The molecule has 1 heterocycles. The normalized spacial score (nSPS) is 14.6. The Morgan fingerprint density at radius 3 is 2.64 bits per heavy atom. The lowest BCUT2D eigenvalue weighted by Crippen LogP contribution is -2.32. The van der Waals surface area contributed by atoms with Gasteiger partial charge in [0.15, 0.2) is 6.61 Å². The maximum atomic E-state index is 12.0. The fraction of sp³-hybridized carbons (Fsp3) is 0.364. The van der Waals surface area contributed by atoms with E-state index in [1.807, 2.05) is 30.3 Å². The molecule has 2 aromatic carbocycles. The van der Waals surface area contributed by atoms with Crippen LogP contribution in [0.15, 0.2) is 36.4 Å². The van der Waals surface area contributed by atoms with Gasteiger partial charge in [-0.25, -0.2) is 0 Å². The van der Waals surface area contributed by atoms with Gasteiger partial charge in [0.25, 0.3) is 5.91 Å². The number of hydrogen-bond donors (Lipinski definition) is 2. The first-order chi connectivity index (χ1) is 13.7. The van der Waals surface area contributed by atoms with Gasteiger partial charge in [0, 0.05) is 12.1 Å². The predicted octanol–water partition coefficient (Wildman–Crippen LogP) is 2.63. The van der Waals surface area contributed by atoms with Gasteiger partial charge < -0.3 is 20.1 Å². The van der Waals surface area contributed by atoms with Gasteiger partial charge in [-0.05, 0) is 72.7 Å². The lowest BCUT2D eigenvalue weighted by atomic mass is 10.0. The highest BCUT2D eigenvalue weighted by molar-refractivity contribution is 5.94. The number of hydrogen-bond acceptors (Lipinski definition) is 4. The van der Waals surface area contributed by atoms with Gasteiger partial charge in [-0.3, -0.25) is 9.59 Å². The average Bonchev–Trinajstić information content (AvgIpc) is 3.17. The van der Waals surface area contributed by atoms with E-state index in [0.29, 0.717) is 19.6 Å². The smallest absolute Gasteiger partial charge is 0.258 e. The summed E-state index contributed by atoms with van der Waals surface area (Å²) < 4.78 is 11.3. The molecule has 0 bridgehead atoms. The Balaban J connectivity index is 1.17. The fourth-order valence-corrected chi connectivity index (χ4v) is 3.65. The van der Waals surface area contributed by atoms with E-state index in [0.717, 1.165) is 42.0 Å². The van der Waals surface area contributed by atoms with Crippen molar-refractivity contribution in [3.8, 4) is 11.5 Å². The van der Waals surface area contributed by atoms with Crippen LogP contribution in [0.3, 0.4) is 0 Å². The van der Waals surface area contributed by atoms with Crippen molar-refractivity contribution in [2.45, 2.75) is 32.1 Å². The molecule has 146 valence electrons. The molecule has 0 fully saturated rings. The van der Waals surface area contributed by atoms with E-state index in [1.54, 1.807) is 0 Å². The van der Waals surface area contributed by atoms with Crippen LogP contribution in [0.1, 0.15) is 29.5 Å². The highest BCUT2D eigenvalue weighted by Gasteiger charge is 2.15. The Bertz CT molecular complexity index is 894. The minimum absolute atomic E-state index is 0.00265. The summed E-state index contributed by atoms with van der Waals surface area (Å²) in [5.41, 5.74) is 4.64. The molecule has 4 rings (SSSR count). The van der Waals surface area contributed by atoms with E-state index in [4.69, 9.17) is 9.47 Å². The van der Waals surface area contributed by atoms with Crippen molar-refractivity contribution in [3.05, 3.63) is 53.1 Å². The molecular weight excluding hydrogens is 356 g/mol. The third-order valence-electron chi connectivity index (χ3n) is 5.11. The fourth-order valence-electron chi connectivity index (χ4n) is 3.65. The zero-order chi connectivity index (χ0) is 19.3. The van der Waals surface area contributed by atoms with Gasteiger partial charge in [-0.1, -0.05) is 6.07 Å². The summed E-state index contributed by atoms with van der Waals surface area (Å²) >= 11 is 0. The van der Waals surface area contributed by atoms with Gasteiger partial charge in [0.05, 0.1) is 6.54 Å². The SMILES string of the molecule is O=C(COc1ccc2c(c1)CCC2)NCCOc1ccc2c(c1)CCC(=O)N2. The Morgan fingerprint density at radius 2 is 1.71 bits per heavy atom. The molecule has 2 aliphatic rings. The molecule has 6 nitrogen and oxygen atoms in total. The van der Waals surface area contributed by atoms with Crippen LogP contribution in [0.4, 0.5) is 5.69 Å². The Kier molecular flexibility index (Phi) is 5.46. The van der Waals surface area contributed by atoms with Gasteiger partial charge in [0.1, 0.15) is 18.1 Å². The molecule has 0 atom stereocenters. The molecular formula is C22H24N2O4. The number of amides is 2. The minimum atomic E-state index is -0.169. The molecule has 1 aliphatic carbocycles. The first-order valence-electron chi connectivity index (χ1n) is 9.74. The van der Waals surface area contributed by atoms with E-state index in [9.17, 15) is 9.59 Å². The molecule has 28 heavy (non-hydrogen) atoms. The third-order valence-corrected chi connectivity index (χ3v) is 5.11. The lowest BCUT2D eigenvalue weighted by molar-refractivity contribution is -0.123. The maximum absolute atomic E-state index is 12.0. The second-order valence-corrected chi connectivity index (χ2v) is 7.14. The van der Waals surface area contributed by atoms with Crippen LogP contribution < -0.4 is 20.1 Å². The van der Waals surface area contributed by atoms with Crippen molar-refractivity contribution in [1.82, 2.24) is 5.32 Å². The van der Waals surface area contributed by atoms with Crippen LogP contribution in [0, 0.1) is 0 Å². The topological polar surface area (TPSA) is 76.7 Å². The van der Waals surface area contributed by atoms with E-state index in [1.165, 1.54) is 17.5 Å². The lowest BCUT2D eigenvalue weighted by Gasteiger charge is -2.17. The van der Waals surface area contributed by atoms with Crippen LogP contribution in [-0.2, 0) is 28.9 Å². The van der Waals surface area contributed by atoms with Crippen molar-refractivity contribution < 1.29 is 19.1 Å². The van der Waals surface area contributed by atoms with Gasteiger partial charge >= 0.3 is 0 Å². The van der Waals surface area contributed by atoms with Crippen LogP contribution in [-0.4, -0.2) is 31.6 Å². The Morgan fingerprint density at radius 1 is 0.929 bits per heavy atom. The summed E-state index contributed by atoms with van der Waals surface area (Å²) in [4.78, 5) is 23.3. The van der Waals surface area contributed by atoms with Crippen molar-refractivity contribution in [1.29, 1.82) is 0 Å². The first-order valence-corrected chi connectivity index (χ1v) is 9.74. The number of aryl methyl sites for hydroxylation is 3. The first kappa shape index (κ1) is 18.3. The number of carbonyl (C=O) groups excluding carboxylic acids is 2. The molecule has 0 aromatic heterocycles. The highest BCUT2D eigenvalue weighted by atomic mass is 16.5. The van der Waals surface area contributed by atoms with Crippen LogP contribution in [0.2, 0.25) is 0 Å². The number of rotatable bonds is 7. The molecule has 0 radical (unpaired) electrons. The number of fused-ring (bicyclic) bond motifs is 2. The molecule has 0 spiro atoms. The molecule has 2 N–H and O–H groups in total. The molecule has 2 aromatic rings. The van der Waals surface area contributed by atoms with Gasteiger partial charge in [-0.15, -0.1) is 0 Å². The van der Waals surface area contributed by atoms with Gasteiger partial charge in [0.2, 0.25) is 5.91 Å². The molecule has 2 amide bonds. The predicted molar refractivity (Wildman–Crippen MR) is 106 cm³/mol. The molecule has 6 heteroatoms. The molecule has 0 saturated carbocycles. The number of carbonyl (C=O) groups is 2. The van der Waals surface area contributed by atoms with E-state index >= 15 is 0 Å². The number of benzene rings is 2. The monoisotopic (exact) mass is 380 g/mol. The van der Waals surface area contributed by atoms with Crippen molar-refractivity contribution >= 4 is 17.5 Å². The van der Waals surface area contributed by atoms with Crippen molar-refractivity contribution in [2.75, 3.05) is 25.1 Å². The zero-order valence-corrected chi connectivity index (χ0v) is 15.8. The summed E-state index contributed by atoms with van der Waals surface area (Å²) in [7, 11) is 0. The van der Waals surface area contributed by atoms with Crippen LogP contribution in [0.5, 0.6) is 11.5 Å². The second kappa shape index (κ2) is 8.33. The largest absolute Gasteiger partial charge is 0.492 e. The van der Waals surface area contributed by atoms with Crippen LogP contribution in [0.25, 0.3) is 0 Å². The molecule has 0 saturated heterocycles. The minimum Gasteiger partial charge on any atom is -0.492 e. The van der Waals surface area contributed by atoms with E-state index in [2.05, 4.69) is 16.7 Å². The average molecular weight is 380 g/mol. The Hall–Kier alpha value is -3.02. The summed E-state index contributed by atoms with van der Waals surface area (Å²) in [5, 5.41) is 5.64. The van der Waals surface area contributed by atoms with E-state index in [-0.39, 0.29) is 18.4 Å². The number of anilines is 1. The molecule has 1 aliphatic heterocycles. The standard InChI is InChI=1S/C22H24N2O4/c25-21-9-5-17-13-18(7-8-20(17)24-21)27-11-10-23-22(26)14-28-19-6-4-15-2-1-3-16(15)12-19/h4,6-8,12-13H,1-3,5,9-11,14H2,(H,23,26)(H,24,25).